The monoisotopic (exact) mass is 351 g/mol. The van der Waals surface area contributed by atoms with E-state index in [1.807, 2.05) is 19.9 Å². The second-order valence-electron chi connectivity index (χ2n) is 6.50. The zero-order valence-corrected chi connectivity index (χ0v) is 15.3. The number of ether oxygens (including phenoxy) is 4. The first-order valence-electron chi connectivity index (χ1n) is 8.11. The molecule has 7 heteroatoms. The summed E-state index contributed by atoms with van der Waals surface area (Å²) in [7, 11) is 4.62. The summed E-state index contributed by atoms with van der Waals surface area (Å²) in [5.41, 5.74) is 0.284. The smallest absolute Gasteiger partial charge is 0.329 e. The lowest BCUT2D eigenvalue weighted by Gasteiger charge is -2.16. The van der Waals surface area contributed by atoms with Crippen LogP contribution in [0, 0.1) is 0 Å². The van der Waals surface area contributed by atoms with Gasteiger partial charge < -0.3 is 24.3 Å². The molecule has 138 valence electrons. The van der Waals surface area contributed by atoms with Crippen molar-refractivity contribution in [2.75, 3.05) is 21.3 Å². The van der Waals surface area contributed by atoms with Crippen LogP contribution < -0.4 is 19.5 Å². The summed E-state index contributed by atoms with van der Waals surface area (Å²) in [6.07, 6.45) is 1.13. The van der Waals surface area contributed by atoms with Crippen molar-refractivity contribution in [3.63, 3.8) is 0 Å². The first-order chi connectivity index (χ1) is 11.8. The van der Waals surface area contributed by atoms with E-state index in [2.05, 4.69) is 5.32 Å². The summed E-state index contributed by atoms with van der Waals surface area (Å²) in [6.45, 7) is 3.65. The molecule has 1 heterocycles. The van der Waals surface area contributed by atoms with Crippen molar-refractivity contribution >= 4 is 11.9 Å². The fourth-order valence-electron chi connectivity index (χ4n) is 2.94. The Morgan fingerprint density at radius 3 is 2.40 bits per heavy atom. The number of aryl methyl sites for hydroxylation is 1. The van der Waals surface area contributed by atoms with Gasteiger partial charge in [0.05, 0.1) is 21.3 Å². The average Bonchev–Trinajstić information content (AvgIpc) is 2.83. The molecule has 1 N–H and O–H groups in total. The van der Waals surface area contributed by atoms with Gasteiger partial charge in [-0.15, -0.1) is 0 Å². The molecule has 0 aromatic heterocycles. The highest BCUT2D eigenvalue weighted by Gasteiger charge is 2.40. The largest absolute Gasteiger partial charge is 0.493 e. The molecule has 1 fully saturated rings. The standard InChI is InChI=1S/C18H25NO6/c1-18(2)10-12(17(21)25-18)19-14(20)9-7-11-6-8-13(22-3)16(24-5)15(11)23-4/h6,8,12H,7,9-10H2,1-5H3,(H,19,20). The molecule has 1 saturated heterocycles. The number of carbonyl (C=O) groups excluding carboxylic acids is 2. The average molecular weight is 351 g/mol. The van der Waals surface area contributed by atoms with E-state index in [1.54, 1.807) is 13.2 Å². The Balaban J connectivity index is 2.01. The summed E-state index contributed by atoms with van der Waals surface area (Å²) in [6, 6.07) is 3.01. The van der Waals surface area contributed by atoms with E-state index in [9.17, 15) is 9.59 Å². The maximum atomic E-state index is 12.2. The van der Waals surface area contributed by atoms with E-state index in [1.165, 1.54) is 14.2 Å². The zero-order valence-electron chi connectivity index (χ0n) is 15.3. The fourth-order valence-corrected chi connectivity index (χ4v) is 2.94. The van der Waals surface area contributed by atoms with Gasteiger partial charge in [0.1, 0.15) is 11.6 Å². The Kier molecular flexibility index (Phi) is 5.77. The van der Waals surface area contributed by atoms with Crippen molar-refractivity contribution in [2.24, 2.45) is 0 Å². The maximum Gasteiger partial charge on any atom is 0.329 e. The zero-order chi connectivity index (χ0) is 18.6. The van der Waals surface area contributed by atoms with Crippen LogP contribution in [-0.4, -0.2) is 44.8 Å². The number of carbonyl (C=O) groups is 2. The van der Waals surface area contributed by atoms with Crippen molar-refractivity contribution in [3.8, 4) is 17.2 Å². The van der Waals surface area contributed by atoms with Crippen LogP contribution in [0.5, 0.6) is 17.2 Å². The normalized spacial score (nSPS) is 18.4. The van der Waals surface area contributed by atoms with Crippen LogP contribution in [0.1, 0.15) is 32.3 Å². The fraction of sp³-hybridized carbons (Fsp3) is 0.556. The molecule has 2 rings (SSSR count). The van der Waals surface area contributed by atoms with Gasteiger partial charge >= 0.3 is 5.97 Å². The van der Waals surface area contributed by atoms with Gasteiger partial charge in [-0.05, 0) is 31.9 Å². The number of benzene rings is 1. The molecule has 1 aliphatic rings. The maximum absolute atomic E-state index is 12.2. The van der Waals surface area contributed by atoms with Gasteiger partial charge in [0.25, 0.3) is 0 Å². The van der Waals surface area contributed by atoms with Gasteiger partial charge in [0.2, 0.25) is 11.7 Å². The number of hydrogen-bond donors (Lipinski definition) is 1. The lowest BCUT2D eigenvalue weighted by atomic mass is 10.0. The Labute approximate surface area is 147 Å². The highest BCUT2D eigenvalue weighted by atomic mass is 16.6. The van der Waals surface area contributed by atoms with Gasteiger partial charge in [-0.3, -0.25) is 4.79 Å². The van der Waals surface area contributed by atoms with E-state index in [4.69, 9.17) is 18.9 Å². The second kappa shape index (κ2) is 7.63. The number of rotatable bonds is 7. The minimum atomic E-state index is -0.588. The molecule has 1 aliphatic heterocycles. The predicted molar refractivity (Wildman–Crippen MR) is 91.1 cm³/mol. The Bertz CT molecular complexity index is 655. The van der Waals surface area contributed by atoms with E-state index in [-0.39, 0.29) is 18.3 Å². The molecule has 0 bridgehead atoms. The molecule has 0 spiro atoms. The van der Waals surface area contributed by atoms with Crippen molar-refractivity contribution < 1.29 is 28.5 Å². The summed E-state index contributed by atoms with van der Waals surface area (Å²) < 4.78 is 21.2. The third kappa shape index (κ3) is 4.35. The molecule has 1 atom stereocenters. The highest BCUT2D eigenvalue weighted by molar-refractivity contribution is 5.86. The third-order valence-corrected chi connectivity index (χ3v) is 4.10. The van der Waals surface area contributed by atoms with E-state index in [0.717, 1.165) is 5.56 Å². The number of amides is 1. The number of cyclic esters (lactones) is 1. The van der Waals surface area contributed by atoms with Crippen LogP contribution in [-0.2, 0) is 20.7 Å². The van der Waals surface area contributed by atoms with Crippen LogP contribution in [0.25, 0.3) is 0 Å². The van der Waals surface area contributed by atoms with E-state index >= 15 is 0 Å². The summed E-state index contributed by atoms with van der Waals surface area (Å²) in [4.78, 5) is 24.0. The van der Waals surface area contributed by atoms with Crippen molar-refractivity contribution in [1.82, 2.24) is 5.32 Å². The first-order valence-corrected chi connectivity index (χ1v) is 8.11. The van der Waals surface area contributed by atoms with Gasteiger partial charge in [-0.2, -0.15) is 0 Å². The second-order valence-corrected chi connectivity index (χ2v) is 6.50. The molecule has 1 unspecified atom stereocenters. The number of methoxy groups -OCH3 is 3. The van der Waals surface area contributed by atoms with Gasteiger partial charge in [0, 0.05) is 12.8 Å². The van der Waals surface area contributed by atoms with Crippen LogP contribution >= 0.6 is 0 Å². The summed E-state index contributed by atoms with van der Waals surface area (Å²) >= 11 is 0. The minimum absolute atomic E-state index is 0.212. The molecule has 25 heavy (non-hydrogen) atoms. The Hall–Kier alpha value is -2.44. The topological polar surface area (TPSA) is 83.1 Å². The van der Waals surface area contributed by atoms with Crippen LogP contribution in [0.3, 0.4) is 0 Å². The Morgan fingerprint density at radius 1 is 1.20 bits per heavy atom. The van der Waals surface area contributed by atoms with Crippen LogP contribution in [0.4, 0.5) is 0 Å². The lowest BCUT2D eigenvalue weighted by Crippen LogP contribution is -2.38. The molecule has 7 nitrogen and oxygen atoms in total. The molecular formula is C18H25NO6. The molecule has 1 aromatic rings. The summed E-state index contributed by atoms with van der Waals surface area (Å²) in [5.74, 6) is 0.988. The van der Waals surface area contributed by atoms with Crippen molar-refractivity contribution in [2.45, 2.75) is 44.8 Å². The highest BCUT2D eigenvalue weighted by Crippen LogP contribution is 2.40. The quantitative estimate of drug-likeness (QED) is 0.755. The molecule has 0 saturated carbocycles. The van der Waals surface area contributed by atoms with Gasteiger partial charge in [0.15, 0.2) is 11.5 Å². The number of esters is 1. The molecular weight excluding hydrogens is 326 g/mol. The lowest BCUT2D eigenvalue weighted by molar-refractivity contribution is -0.148. The van der Waals surface area contributed by atoms with Gasteiger partial charge in [-0.25, -0.2) is 4.79 Å². The van der Waals surface area contributed by atoms with E-state index in [0.29, 0.717) is 30.1 Å². The Morgan fingerprint density at radius 2 is 1.88 bits per heavy atom. The minimum Gasteiger partial charge on any atom is -0.493 e. The van der Waals surface area contributed by atoms with Crippen LogP contribution in [0.2, 0.25) is 0 Å². The number of hydrogen-bond acceptors (Lipinski definition) is 6. The van der Waals surface area contributed by atoms with Crippen molar-refractivity contribution in [3.05, 3.63) is 17.7 Å². The molecule has 1 aromatic carbocycles. The van der Waals surface area contributed by atoms with Crippen LogP contribution in [0.15, 0.2) is 12.1 Å². The third-order valence-electron chi connectivity index (χ3n) is 4.10. The van der Waals surface area contributed by atoms with Gasteiger partial charge in [-0.1, -0.05) is 6.07 Å². The summed E-state index contributed by atoms with van der Waals surface area (Å²) in [5, 5.41) is 2.73. The molecule has 0 radical (unpaired) electrons. The first kappa shape index (κ1) is 18.9. The van der Waals surface area contributed by atoms with E-state index < -0.39 is 11.6 Å². The molecule has 0 aliphatic carbocycles. The SMILES string of the molecule is COc1ccc(CCC(=O)NC2CC(C)(C)OC2=O)c(OC)c1OC. The molecule has 1 amide bonds. The predicted octanol–water partition coefficient (Wildman–Crippen LogP) is 1.86. The van der Waals surface area contributed by atoms with Crippen molar-refractivity contribution in [1.29, 1.82) is 0 Å². The number of nitrogens with one attached hydrogen (secondary N) is 1.